The number of likely N-dealkylation sites (N-methyl/N-ethyl adjacent to an activating group) is 1. The predicted molar refractivity (Wildman–Crippen MR) is 57.2 cm³/mol. The molecule has 3 heteroatoms. The molecule has 0 saturated heterocycles. The Bertz CT molecular complexity index is 142. The van der Waals surface area contributed by atoms with E-state index in [1.54, 1.807) is 0 Å². The smallest absolute Gasteiger partial charge is 0.0609 e. The maximum atomic E-state index is 8.99. The third-order valence-corrected chi connectivity index (χ3v) is 3.41. The van der Waals surface area contributed by atoms with Crippen molar-refractivity contribution in [1.29, 1.82) is 0 Å². The molecule has 0 radical (unpaired) electrons. The average Bonchev–Trinajstić information content (AvgIpc) is 2.69. The molecule has 2 N–H and O–H groups in total. The van der Waals surface area contributed by atoms with Gasteiger partial charge in [0.1, 0.15) is 0 Å². The van der Waals surface area contributed by atoms with E-state index in [2.05, 4.69) is 4.90 Å². The van der Waals surface area contributed by atoms with Crippen LogP contribution in [-0.4, -0.2) is 48.0 Å². The van der Waals surface area contributed by atoms with Crippen LogP contribution in [0.25, 0.3) is 0 Å². The van der Waals surface area contributed by atoms with Gasteiger partial charge in [-0.3, -0.25) is 4.90 Å². The highest BCUT2D eigenvalue weighted by Crippen LogP contribution is 2.27. The summed E-state index contributed by atoms with van der Waals surface area (Å²) < 4.78 is 0. The van der Waals surface area contributed by atoms with Crippen molar-refractivity contribution >= 4 is 0 Å². The van der Waals surface area contributed by atoms with Gasteiger partial charge in [0.2, 0.25) is 0 Å². The van der Waals surface area contributed by atoms with E-state index in [9.17, 15) is 0 Å². The Morgan fingerprint density at radius 3 is 2.29 bits per heavy atom. The van der Waals surface area contributed by atoms with Crippen LogP contribution >= 0.6 is 0 Å². The van der Waals surface area contributed by atoms with Gasteiger partial charge in [0.25, 0.3) is 0 Å². The summed E-state index contributed by atoms with van der Waals surface area (Å²) in [6.45, 7) is 1.10. The van der Waals surface area contributed by atoms with Crippen molar-refractivity contribution in [3.05, 3.63) is 0 Å². The van der Waals surface area contributed by atoms with Crippen LogP contribution in [0.1, 0.15) is 32.1 Å². The van der Waals surface area contributed by atoms with Crippen molar-refractivity contribution in [1.82, 2.24) is 4.90 Å². The molecule has 84 valence electrons. The Labute approximate surface area is 86.7 Å². The van der Waals surface area contributed by atoms with E-state index in [1.807, 2.05) is 7.05 Å². The van der Waals surface area contributed by atoms with Crippen molar-refractivity contribution in [3.8, 4) is 0 Å². The zero-order valence-corrected chi connectivity index (χ0v) is 9.15. The first-order chi connectivity index (χ1) is 6.77. The largest absolute Gasteiger partial charge is 0.395 e. The van der Waals surface area contributed by atoms with Crippen molar-refractivity contribution in [2.45, 2.75) is 38.1 Å². The minimum absolute atomic E-state index is 0.0532. The third kappa shape index (κ3) is 3.56. The minimum Gasteiger partial charge on any atom is -0.395 e. The SMILES string of the molecule is CN(CCC1CCCC1)C(CO)CO. The Morgan fingerprint density at radius 1 is 1.21 bits per heavy atom. The number of aliphatic hydroxyl groups excluding tert-OH is 2. The molecule has 1 rings (SSSR count). The lowest BCUT2D eigenvalue weighted by Crippen LogP contribution is -2.38. The number of hydrogen-bond acceptors (Lipinski definition) is 3. The molecule has 1 fully saturated rings. The van der Waals surface area contributed by atoms with Gasteiger partial charge in [-0.2, -0.15) is 0 Å². The van der Waals surface area contributed by atoms with Gasteiger partial charge in [-0.25, -0.2) is 0 Å². The molecule has 0 aliphatic heterocycles. The lowest BCUT2D eigenvalue weighted by atomic mass is 10.0. The highest BCUT2D eigenvalue weighted by molar-refractivity contribution is 4.71. The molecule has 0 aromatic carbocycles. The van der Waals surface area contributed by atoms with Gasteiger partial charge in [0, 0.05) is 0 Å². The number of hydrogen-bond donors (Lipinski definition) is 2. The van der Waals surface area contributed by atoms with Gasteiger partial charge < -0.3 is 10.2 Å². The number of aliphatic hydroxyl groups is 2. The van der Waals surface area contributed by atoms with E-state index in [1.165, 1.54) is 32.1 Å². The molecule has 0 aromatic rings. The van der Waals surface area contributed by atoms with Gasteiger partial charge in [0.15, 0.2) is 0 Å². The van der Waals surface area contributed by atoms with Crippen LogP contribution in [0.2, 0.25) is 0 Å². The second-order valence-corrected chi connectivity index (χ2v) is 4.44. The summed E-state index contributed by atoms with van der Waals surface area (Å²) in [5.41, 5.74) is 0. The molecular formula is C11H23NO2. The van der Waals surface area contributed by atoms with Crippen LogP contribution < -0.4 is 0 Å². The summed E-state index contributed by atoms with van der Waals surface area (Å²) in [5.74, 6) is 0.885. The predicted octanol–water partition coefficient (Wildman–Crippen LogP) is 0.852. The van der Waals surface area contributed by atoms with Crippen LogP contribution in [0.5, 0.6) is 0 Å². The monoisotopic (exact) mass is 201 g/mol. The Hall–Kier alpha value is -0.120. The molecule has 0 amide bonds. The maximum absolute atomic E-state index is 8.99. The van der Waals surface area contributed by atoms with Gasteiger partial charge in [-0.05, 0) is 25.9 Å². The van der Waals surface area contributed by atoms with Gasteiger partial charge >= 0.3 is 0 Å². The van der Waals surface area contributed by atoms with E-state index < -0.39 is 0 Å². The quantitative estimate of drug-likeness (QED) is 0.669. The summed E-state index contributed by atoms with van der Waals surface area (Å²) in [6, 6.07) is -0.0728. The second-order valence-electron chi connectivity index (χ2n) is 4.44. The molecule has 0 unspecified atom stereocenters. The summed E-state index contributed by atoms with van der Waals surface area (Å²) in [7, 11) is 1.98. The van der Waals surface area contributed by atoms with Crippen LogP contribution in [0.3, 0.4) is 0 Å². The van der Waals surface area contributed by atoms with E-state index in [4.69, 9.17) is 10.2 Å². The van der Waals surface area contributed by atoms with Gasteiger partial charge in [-0.1, -0.05) is 25.7 Å². The third-order valence-electron chi connectivity index (χ3n) is 3.41. The summed E-state index contributed by atoms with van der Waals surface area (Å²) >= 11 is 0. The second kappa shape index (κ2) is 6.38. The standard InChI is InChI=1S/C11H23NO2/c1-12(11(8-13)9-14)7-6-10-4-2-3-5-10/h10-11,13-14H,2-9H2,1H3. The molecule has 1 saturated carbocycles. The fourth-order valence-electron chi connectivity index (χ4n) is 2.20. The average molecular weight is 201 g/mol. The molecule has 1 aliphatic rings. The first kappa shape index (κ1) is 12.0. The molecule has 0 spiro atoms. The van der Waals surface area contributed by atoms with E-state index in [0.717, 1.165) is 12.5 Å². The molecule has 14 heavy (non-hydrogen) atoms. The van der Waals surface area contributed by atoms with Crippen LogP contribution in [0.4, 0.5) is 0 Å². The molecule has 3 nitrogen and oxygen atoms in total. The van der Waals surface area contributed by atoms with Crippen LogP contribution in [0, 0.1) is 5.92 Å². The lowest BCUT2D eigenvalue weighted by molar-refractivity contribution is 0.0880. The van der Waals surface area contributed by atoms with Gasteiger partial charge in [0.05, 0.1) is 19.3 Å². The highest BCUT2D eigenvalue weighted by Gasteiger charge is 2.17. The Balaban J connectivity index is 2.15. The molecule has 0 heterocycles. The zero-order chi connectivity index (χ0) is 10.4. The zero-order valence-electron chi connectivity index (χ0n) is 9.15. The van der Waals surface area contributed by atoms with E-state index in [0.29, 0.717) is 0 Å². The minimum atomic E-state index is -0.0728. The van der Waals surface area contributed by atoms with Crippen molar-refractivity contribution in [2.75, 3.05) is 26.8 Å². The number of rotatable bonds is 6. The van der Waals surface area contributed by atoms with Crippen LogP contribution in [-0.2, 0) is 0 Å². The van der Waals surface area contributed by atoms with Crippen LogP contribution in [0.15, 0.2) is 0 Å². The molecule has 0 atom stereocenters. The summed E-state index contributed by atoms with van der Waals surface area (Å²) in [6.07, 6.45) is 6.73. The van der Waals surface area contributed by atoms with Crippen molar-refractivity contribution < 1.29 is 10.2 Å². The first-order valence-corrected chi connectivity index (χ1v) is 5.70. The molecular weight excluding hydrogens is 178 g/mol. The molecule has 1 aliphatic carbocycles. The Morgan fingerprint density at radius 2 is 1.79 bits per heavy atom. The van der Waals surface area contributed by atoms with E-state index in [-0.39, 0.29) is 19.3 Å². The fourth-order valence-corrected chi connectivity index (χ4v) is 2.20. The lowest BCUT2D eigenvalue weighted by Gasteiger charge is -2.25. The summed E-state index contributed by atoms with van der Waals surface area (Å²) in [5, 5.41) is 18.0. The highest BCUT2D eigenvalue weighted by atomic mass is 16.3. The van der Waals surface area contributed by atoms with Crippen molar-refractivity contribution in [3.63, 3.8) is 0 Å². The molecule has 0 aromatic heterocycles. The fraction of sp³-hybridized carbons (Fsp3) is 1.00. The topological polar surface area (TPSA) is 43.7 Å². The normalized spacial score (nSPS) is 18.6. The van der Waals surface area contributed by atoms with E-state index >= 15 is 0 Å². The molecule has 0 bridgehead atoms. The Kier molecular flexibility index (Phi) is 5.45. The maximum Gasteiger partial charge on any atom is 0.0609 e. The summed E-state index contributed by atoms with van der Waals surface area (Å²) in [4.78, 5) is 2.07. The number of nitrogens with zero attached hydrogens (tertiary/aromatic N) is 1. The first-order valence-electron chi connectivity index (χ1n) is 5.70. The van der Waals surface area contributed by atoms with Crippen molar-refractivity contribution in [2.24, 2.45) is 5.92 Å². The van der Waals surface area contributed by atoms with Gasteiger partial charge in [-0.15, -0.1) is 0 Å².